The Morgan fingerprint density at radius 1 is 1.48 bits per heavy atom. The van der Waals surface area contributed by atoms with Crippen molar-refractivity contribution >= 4 is 17.2 Å². The lowest BCUT2D eigenvalue weighted by Crippen LogP contribution is -2.51. The lowest BCUT2D eigenvalue weighted by atomic mass is 9.95. The molecule has 1 amide bonds. The highest BCUT2D eigenvalue weighted by molar-refractivity contribution is 7.13. The van der Waals surface area contributed by atoms with E-state index in [1.54, 1.807) is 6.20 Å². The van der Waals surface area contributed by atoms with E-state index in [4.69, 9.17) is 4.74 Å². The maximum Gasteiger partial charge on any atom is 0.395 e. The number of H-pyrrole nitrogens is 1. The Balaban J connectivity index is 1.71. The molecule has 124 valence electrons. The predicted octanol–water partition coefficient (Wildman–Crippen LogP) is 2.23. The van der Waals surface area contributed by atoms with Crippen LogP contribution in [0.25, 0.3) is 10.7 Å². The van der Waals surface area contributed by atoms with E-state index in [1.165, 1.54) is 23.0 Å². The molecule has 2 atom stereocenters. The smallest absolute Gasteiger partial charge is 0.381 e. The molecule has 0 spiro atoms. The summed E-state index contributed by atoms with van der Waals surface area (Å²) in [6.45, 7) is -0.251. The fourth-order valence-corrected chi connectivity index (χ4v) is 3.12. The lowest BCUT2D eigenvalue weighted by Gasteiger charge is -2.33. The monoisotopic (exact) mass is 346 g/mol. The molecule has 0 radical (unpaired) electrons. The van der Waals surface area contributed by atoms with Gasteiger partial charge in [0.25, 0.3) is 5.91 Å². The van der Waals surface area contributed by atoms with Gasteiger partial charge in [0, 0.05) is 18.0 Å². The Morgan fingerprint density at radius 3 is 3.00 bits per heavy atom. The molecule has 0 unspecified atom stereocenters. The van der Waals surface area contributed by atoms with Gasteiger partial charge in [-0.25, -0.2) is 9.97 Å². The first kappa shape index (κ1) is 15.9. The molecule has 3 rings (SSSR count). The highest BCUT2D eigenvalue weighted by atomic mass is 32.1. The summed E-state index contributed by atoms with van der Waals surface area (Å²) in [5, 5.41) is 4.49. The van der Waals surface area contributed by atoms with Gasteiger partial charge in [0.1, 0.15) is 10.7 Å². The van der Waals surface area contributed by atoms with E-state index in [2.05, 4.69) is 20.3 Å². The zero-order valence-corrected chi connectivity index (χ0v) is 12.6. The SMILES string of the molecule is O=C(N[C@H]1CCOC[C@H]1C(F)(F)F)c1csc(-c2cnc[nH]2)n1. The molecule has 10 heteroatoms. The van der Waals surface area contributed by atoms with Crippen molar-refractivity contribution in [3.05, 3.63) is 23.6 Å². The standard InChI is InChI=1S/C13H13F3N4O2S/c14-13(15,16)7-4-22-2-1-8(7)19-11(21)10-5-23-12(20-10)9-3-17-6-18-9/h3,5-8H,1-2,4H2,(H,17,18)(H,19,21)/t7-,8+/m1/s1. The summed E-state index contributed by atoms with van der Waals surface area (Å²) in [6.07, 6.45) is -1.26. The molecule has 2 N–H and O–H groups in total. The Morgan fingerprint density at radius 2 is 2.30 bits per heavy atom. The molecule has 1 saturated heterocycles. The van der Waals surface area contributed by atoms with Gasteiger partial charge in [-0.15, -0.1) is 11.3 Å². The number of amides is 1. The van der Waals surface area contributed by atoms with Crippen LogP contribution in [0.3, 0.4) is 0 Å². The van der Waals surface area contributed by atoms with Crippen LogP contribution in [0.2, 0.25) is 0 Å². The fourth-order valence-electron chi connectivity index (χ4n) is 2.35. The van der Waals surface area contributed by atoms with Crippen LogP contribution in [0.4, 0.5) is 13.2 Å². The van der Waals surface area contributed by atoms with Gasteiger partial charge in [-0.3, -0.25) is 4.79 Å². The fraction of sp³-hybridized carbons (Fsp3) is 0.462. The number of carbonyl (C=O) groups is 1. The van der Waals surface area contributed by atoms with Crippen LogP contribution in [-0.2, 0) is 4.74 Å². The summed E-state index contributed by atoms with van der Waals surface area (Å²) in [6, 6.07) is -1.01. The number of nitrogens with one attached hydrogen (secondary N) is 2. The van der Waals surface area contributed by atoms with Crippen LogP contribution >= 0.6 is 11.3 Å². The third kappa shape index (κ3) is 3.53. The number of nitrogens with zero attached hydrogens (tertiary/aromatic N) is 2. The molecule has 2 aromatic heterocycles. The Bertz CT molecular complexity index is 671. The Labute approximate surface area is 133 Å². The minimum absolute atomic E-state index is 0.0898. The van der Waals surface area contributed by atoms with Crippen molar-refractivity contribution in [2.45, 2.75) is 18.6 Å². The quantitative estimate of drug-likeness (QED) is 0.893. The molecule has 3 heterocycles. The number of ether oxygens (including phenoxy) is 1. The van der Waals surface area contributed by atoms with Crippen LogP contribution < -0.4 is 5.32 Å². The number of hydrogen-bond acceptors (Lipinski definition) is 5. The molecule has 0 aromatic carbocycles. The first-order chi connectivity index (χ1) is 10.9. The van der Waals surface area contributed by atoms with Crippen molar-refractivity contribution in [1.82, 2.24) is 20.3 Å². The molecule has 0 bridgehead atoms. The molecule has 0 saturated carbocycles. The van der Waals surface area contributed by atoms with E-state index in [0.29, 0.717) is 10.7 Å². The molecule has 0 aliphatic carbocycles. The van der Waals surface area contributed by atoms with Crippen LogP contribution in [-0.4, -0.2) is 46.3 Å². The maximum atomic E-state index is 13.0. The van der Waals surface area contributed by atoms with Gasteiger partial charge in [-0.05, 0) is 6.42 Å². The molecule has 1 aliphatic rings. The second kappa shape index (κ2) is 6.28. The van der Waals surface area contributed by atoms with E-state index in [-0.39, 0.29) is 18.7 Å². The molecule has 6 nitrogen and oxygen atoms in total. The largest absolute Gasteiger partial charge is 0.395 e. The van der Waals surface area contributed by atoms with Crippen molar-refractivity contribution in [1.29, 1.82) is 0 Å². The zero-order chi connectivity index (χ0) is 16.4. The van der Waals surface area contributed by atoms with Crippen LogP contribution in [0.15, 0.2) is 17.9 Å². The van der Waals surface area contributed by atoms with Crippen molar-refractivity contribution in [3.63, 3.8) is 0 Å². The highest BCUT2D eigenvalue weighted by Gasteiger charge is 2.47. The number of halogens is 3. The third-order valence-electron chi connectivity index (χ3n) is 3.56. The summed E-state index contributed by atoms with van der Waals surface area (Å²) in [4.78, 5) is 23.0. The van der Waals surface area contributed by atoms with Gasteiger partial charge < -0.3 is 15.0 Å². The highest BCUT2D eigenvalue weighted by Crippen LogP contribution is 2.33. The summed E-state index contributed by atoms with van der Waals surface area (Å²) in [7, 11) is 0. The van der Waals surface area contributed by atoms with Gasteiger partial charge in [0.2, 0.25) is 0 Å². The van der Waals surface area contributed by atoms with Gasteiger partial charge in [-0.2, -0.15) is 13.2 Å². The average Bonchev–Trinajstić information content (AvgIpc) is 3.18. The molecular weight excluding hydrogens is 333 g/mol. The van der Waals surface area contributed by atoms with Gasteiger partial charge in [0.05, 0.1) is 30.7 Å². The maximum absolute atomic E-state index is 13.0. The van der Waals surface area contributed by atoms with Gasteiger partial charge >= 0.3 is 6.18 Å². The summed E-state index contributed by atoms with van der Waals surface area (Å²) in [5.74, 6) is -2.32. The molecule has 2 aromatic rings. The third-order valence-corrected chi connectivity index (χ3v) is 4.43. The number of aromatic amines is 1. The van der Waals surface area contributed by atoms with Gasteiger partial charge in [-0.1, -0.05) is 0 Å². The topological polar surface area (TPSA) is 79.9 Å². The van der Waals surface area contributed by atoms with Crippen LogP contribution in [0, 0.1) is 5.92 Å². The lowest BCUT2D eigenvalue weighted by molar-refractivity contribution is -0.206. The minimum Gasteiger partial charge on any atom is -0.381 e. The summed E-state index contributed by atoms with van der Waals surface area (Å²) < 4.78 is 43.8. The van der Waals surface area contributed by atoms with Crippen LogP contribution in [0.1, 0.15) is 16.9 Å². The number of aromatic nitrogens is 3. The molecule has 1 fully saturated rings. The summed E-state index contributed by atoms with van der Waals surface area (Å²) in [5.41, 5.74) is 0.736. The number of thiazole rings is 1. The number of alkyl halides is 3. The number of hydrogen-bond donors (Lipinski definition) is 2. The second-order valence-corrected chi connectivity index (χ2v) is 5.95. The number of imidazole rings is 1. The first-order valence-electron chi connectivity index (χ1n) is 6.85. The summed E-state index contributed by atoms with van der Waals surface area (Å²) >= 11 is 1.21. The zero-order valence-electron chi connectivity index (χ0n) is 11.8. The Hall–Kier alpha value is -1.94. The number of carbonyl (C=O) groups excluding carboxylic acids is 1. The van der Waals surface area contributed by atoms with Crippen molar-refractivity contribution in [2.75, 3.05) is 13.2 Å². The van der Waals surface area contributed by atoms with E-state index < -0.39 is 30.7 Å². The molecule has 23 heavy (non-hydrogen) atoms. The normalized spacial score (nSPS) is 22.0. The predicted molar refractivity (Wildman–Crippen MR) is 75.9 cm³/mol. The molecular formula is C13H13F3N4O2S. The van der Waals surface area contributed by atoms with Crippen molar-refractivity contribution in [2.24, 2.45) is 5.92 Å². The molecule has 1 aliphatic heterocycles. The van der Waals surface area contributed by atoms with E-state index >= 15 is 0 Å². The number of rotatable bonds is 3. The van der Waals surface area contributed by atoms with E-state index in [0.717, 1.165) is 0 Å². The van der Waals surface area contributed by atoms with E-state index in [1.807, 2.05) is 0 Å². The van der Waals surface area contributed by atoms with Gasteiger partial charge in [0.15, 0.2) is 0 Å². The second-order valence-electron chi connectivity index (χ2n) is 5.09. The first-order valence-corrected chi connectivity index (χ1v) is 7.72. The minimum atomic E-state index is -4.42. The van der Waals surface area contributed by atoms with Crippen molar-refractivity contribution < 1.29 is 22.7 Å². The Kier molecular flexibility index (Phi) is 4.35. The van der Waals surface area contributed by atoms with Crippen molar-refractivity contribution in [3.8, 4) is 10.7 Å². The van der Waals surface area contributed by atoms with E-state index in [9.17, 15) is 18.0 Å². The average molecular weight is 346 g/mol. The van der Waals surface area contributed by atoms with Crippen LogP contribution in [0.5, 0.6) is 0 Å².